The van der Waals surface area contributed by atoms with E-state index in [1.807, 2.05) is 34.6 Å². The molecule has 2 rings (SSSR count). The van der Waals surface area contributed by atoms with Gasteiger partial charge in [-0.05, 0) is 45.4 Å². The van der Waals surface area contributed by atoms with Crippen molar-refractivity contribution in [2.75, 3.05) is 13.1 Å². The second-order valence-corrected chi connectivity index (χ2v) is 6.42. The SMILES string of the molecule is CC.CC(C)(C)OC(=O)N1CCC2(CC1)CC2C(=O)O. The molecule has 1 unspecified atom stereocenters. The number of carboxylic acid groups (broad SMARTS) is 1. The number of carbonyl (C=O) groups excluding carboxylic acids is 1. The maximum atomic E-state index is 11.8. The van der Waals surface area contributed by atoms with Crippen LogP contribution < -0.4 is 0 Å². The molecule has 0 radical (unpaired) electrons. The van der Waals surface area contributed by atoms with Crippen molar-refractivity contribution >= 4 is 12.1 Å². The van der Waals surface area contributed by atoms with E-state index in [2.05, 4.69) is 0 Å². The monoisotopic (exact) mass is 285 g/mol. The van der Waals surface area contributed by atoms with E-state index in [-0.39, 0.29) is 17.4 Å². The standard InChI is InChI=1S/C13H21NO4.C2H6/c1-12(2,3)18-11(17)14-6-4-13(5-7-14)8-9(13)10(15)16;1-2/h9H,4-8H2,1-3H3,(H,15,16);1-2H3. The highest BCUT2D eigenvalue weighted by Gasteiger charge is 2.59. The molecule has 1 aliphatic carbocycles. The van der Waals surface area contributed by atoms with E-state index >= 15 is 0 Å². The van der Waals surface area contributed by atoms with Crippen LogP contribution in [0.2, 0.25) is 0 Å². The van der Waals surface area contributed by atoms with Crippen molar-refractivity contribution in [3.8, 4) is 0 Å². The third kappa shape index (κ3) is 3.87. The predicted molar refractivity (Wildman–Crippen MR) is 76.6 cm³/mol. The van der Waals surface area contributed by atoms with Crippen LogP contribution in [0.4, 0.5) is 4.79 Å². The first-order valence-electron chi connectivity index (χ1n) is 7.44. The summed E-state index contributed by atoms with van der Waals surface area (Å²) in [7, 11) is 0. The maximum absolute atomic E-state index is 11.8. The minimum absolute atomic E-state index is 0.0374. The minimum atomic E-state index is -0.694. The van der Waals surface area contributed by atoms with E-state index < -0.39 is 11.6 Å². The Hall–Kier alpha value is -1.26. The van der Waals surface area contributed by atoms with Gasteiger partial charge in [-0.3, -0.25) is 4.79 Å². The summed E-state index contributed by atoms with van der Waals surface area (Å²) in [5.74, 6) is -0.890. The number of rotatable bonds is 1. The highest BCUT2D eigenvalue weighted by atomic mass is 16.6. The number of hydrogen-bond acceptors (Lipinski definition) is 3. The molecule has 0 bridgehead atoms. The fraction of sp³-hybridized carbons (Fsp3) is 0.867. The van der Waals surface area contributed by atoms with Gasteiger partial charge in [-0.1, -0.05) is 13.8 Å². The molecule has 0 aromatic heterocycles. The van der Waals surface area contributed by atoms with Crippen molar-refractivity contribution in [1.29, 1.82) is 0 Å². The highest BCUT2D eigenvalue weighted by molar-refractivity contribution is 5.75. The number of aliphatic carboxylic acids is 1. The maximum Gasteiger partial charge on any atom is 0.410 e. The van der Waals surface area contributed by atoms with Crippen LogP contribution in [-0.2, 0) is 9.53 Å². The molecule has 5 nitrogen and oxygen atoms in total. The molecule has 1 aliphatic heterocycles. The first-order valence-corrected chi connectivity index (χ1v) is 7.44. The Bertz CT molecular complexity index is 365. The third-order valence-corrected chi connectivity index (χ3v) is 3.90. The topological polar surface area (TPSA) is 66.8 Å². The molecule has 116 valence electrons. The Morgan fingerprint density at radius 1 is 1.20 bits per heavy atom. The van der Waals surface area contributed by atoms with Gasteiger partial charge in [0.1, 0.15) is 5.60 Å². The Morgan fingerprint density at radius 2 is 1.70 bits per heavy atom. The molecule has 5 heteroatoms. The van der Waals surface area contributed by atoms with E-state index in [9.17, 15) is 9.59 Å². The Morgan fingerprint density at radius 3 is 2.05 bits per heavy atom. The summed E-state index contributed by atoms with van der Waals surface area (Å²) in [5.41, 5.74) is -0.514. The first-order chi connectivity index (χ1) is 9.23. The quantitative estimate of drug-likeness (QED) is 0.803. The first kappa shape index (κ1) is 16.8. The molecule has 1 atom stereocenters. The number of amides is 1. The summed E-state index contributed by atoms with van der Waals surface area (Å²) in [6.45, 7) is 10.8. The second kappa shape index (κ2) is 6.02. The lowest BCUT2D eigenvalue weighted by Crippen LogP contribution is -2.42. The lowest BCUT2D eigenvalue weighted by molar-refractivity contribution is -0.139. The van der Waals surface area contributed by atoms with Gasteiger partial charge >= 0.3 is 12.1 Å². The molecule has 2 aliphatic rings. The molecule has 1 heterocycles. The molecule has 2 fully saturated rings. The van der Waals surface area contributed by atoms with Crippen LogP contribution in [0, 0.1) is 11.3 Å². The van der Waals surface area contributed by atoms with Crippen molar-refractivity contribution in [2.24, 2.45) is 11.3 Å². The zero-order valence-electron chi connectivity index (χ0n) is 13.2. The fourth-order valence-electron chi connectivity index (χ4n) is 2.71. The van der Waals surface area contributed by atoms with Crippen molar-refractivity contribution < 1.29 is 19.4 Å². The molecule has 1 saturated heterocycles. The normalized spacial score (nSPS) is 23.6. The number of likely N-dealkylation sites (tertiary alicyclic amines) is 1. The summed E-state index contributed by atoms with van der Waals surface area (Å²) < 4.78 is 5.31. The van der Waals surface area contributed by atoms with E-state index in [0.29, 0.717) is 13.1 Å². The Kier molecular flexibility index (Phi) is 5.05. The molecule has 0 aromatic carbocycles. The van der Waals surface area contributed by atoms with Gasteiger partial charge in [-0.25, -0.2) is 4.79 Å². The van der Waals surface area contributed by atoms with Crippen LogP contribution in [-0.4, -0.2) is 40.8 Å². The van der Waals surface area contributed by atoms with E-state index in [4.69, 9.17) is 9.84 Å². The number of nitrogens with zero attached hydrogens (tertiary/aromatic N) is 1. The molecule has 1 saturated carbocycles. The van der Waals surface area contributed by atoms with Gasteiger partial charge in [-0.15, -0.1) is 0 Å². The molecular weight excluding hydrogens is 258 g/mol. The summed E-state index contributed by atoms with van der Waals surface area (Å²) in [5, 5.41) is 8.99. The van der Waals surface area contributed by atoms with Crippen LogP contribution in [0.1, 0.15) is 53.9 Å². The smallest absolute Gasteiger partial charge is 0.410 e. The zero-order chi connectivity index (χ0) is 15.6. The highest BCUT2D eigenvalue weighted by Crippen LogP contribution is 2.59. The lowest BCUT2D eigenvalue weighted by atomic mass is 9.91. The van der Waals surface area contributed by atoms with Gasteiger partial charge < -0.3 is 14.7 Å². The summed E-state index contributed by atoms with van der Waals surface area (Å²) in [4.78, 5) is 24.5. The van der Waals surface area contributed by atoms with Crippen LogP contribution >= 0.6 is 0 Å². The number of carbonyl (C=O) groups is 2. The van der Waals surface area contributed by atoms with Crippen molar-refractivity contribution in [3.05, 3.63) is 0 Å². The van der Waals surface area contributed by atoms with Crippen molar-refractivity contribution in [1.82, 2.24) is 4.90 Å². The van der Waals surface area contributed by atoms with Crippen molar-refractivity contribution in [3.63, 3.8) is 0 Å². The van der Waals surface area contributed by atoms with E-state index in [1.165, 1.54) is 0 Å². The Labute approximate surface area is 121 Å². The van der Waals surface area contributed by atoms with Crippen LogP contribution in [0.25, 0.3) is 0 Å². The zero-order valence-corrected chi connectivity index (χ0v) is 13.2. The molecule has 1 N–H and O–H groups in total. The van der Waals surface area contributed by atoms with Gasteiger partial charge in [0.15, 0.2) is 0 Å². The Balaban J connectivity index is 0.000000956. The van der Waals surface area contributed by atoms with Gasteiger partial charge in [0, 0.05) is 13.1 Å². The van der Waals surface area contributed by atoms with Gasteiger partial charge in [0.25, 0.3) is 0 Å². The van der Waals surface area contributed by atoms with Crippen LogP contribution in [0.3, 0.4) is 0 Å². The third-order valence-electron chi connectivity index (χ3n) is 3.90. The number of carboxylic acids is 1. The molecule has 0 aromatic rings. The lowest BCUT2D eigenvalue weighted by Gasteiger charge is -2.33. The molecular formula is C15H27NO4. The van der Waals surface area contributed by atoms with Crippen LogP contribution in [0.5, 0.6) is 0 Å². The fourth-order valence-corrected chi connectivity index (χ4v) is 2.71. The number of ether oxygens (including phenoxy) is 1. The number of hydrogen-bond donors (Lipinski definition) is 1. The largest absolute Gasteiger partial charge is 0.481 e. The summed E-state index contributed by atoms with van der Waals surface area (Å²) in [6.07, 6.45) is 2.04. The number of piperidine rings is 1. The summed E-state index contributed by atoms with van der Waals surface area (Å²) in [6, 6.07) is 0. The van der Waals surface area contributed by atoms with Crippen molar-refractivity contribution in [2.45, 2.75) is 59.5 Å². The average molecular weight is 285 g/mol. The predicted octanol–water partition coefficient (Wildman–Crippen LogP) is 3.13. The summed E-state index contributed by atoms with van der Waals surface area (Å²) >= 11 is 0. The van der Waals surface area contributed by atoms with Gasteiger partial charge in [0.05, 0.1) is 5.92 Å². The van der Waals surface area contributed by atoms with E-state index in [0.717, 1.165) is 19.3 Å². The minimum Gasteiger partial charge on any atom is -0.481 e. The second-order valence-electron chi connectivity index (χ2n) is 6.42. The van der Waals surface area contributed by atoms with Crippen LogP contribution in [0.15, 0.2) is 0 Å². The van der Waals surface area contributed by atoms with E-state index in [1.54, 1.807) is 4.90 Å². The molecule has 1 spiro atoms. The van der Waals surface area contributed by atoms with Gasteiger partial charge in [-0.2, -0.15) is 0 Å². The average Bonchev–Trinajstić information content (AvgIpc) is 3.05. The van der Waals surface area contributed by atoms with Gasteiger partial charge in [0.2, 0.25) is 0 Å². The molecule has 20 heavy (non-hydrogen) atoms. The molecule has 1 amide bonds.